The number of carbonyl (C=O) groups excluding carboxylic acids is 2. The lowest BCUT2D eigenvalue weighted by Crippen LogP contribution is -2.51. The van der Waals surface area contributed by atoms with E-state index in [2.05, 4.69) is 14.9 Å². The number of anilines is 2. The number of rotatable bonds is 5. The van der Waals surface area contributed by atoms with Crippen LogP contribution >= 0.6 is 0 Å². The van der Waals surface area contributed by atoms with Gasteiger partial charge in [-0.3, -0.25) is 9.69 Å². The number of hydrogen-bond donors (Lipinski definition) is 0. The maximum absolute atomic E-state index is 12.7. The van der Waals surface area contributed by atoms with Gasteiger partial charge in [0.2, 0.25) is 5.91 Å². The Morgan fingerprint density at radius 2 is 1.79 bits per heavy atom. The standard InChI is InChI=1S/C20H24N6O3/c1-29-17-4-2-16(3-5-17)26-13-12-25(20(26)28)14-19(27)24-10-8-23(9-11-24)18-6-7-21-15-22-18/h2-7,15H,8-14H2,1H3. The van der Waals surface area contributed by atoms with E-state index in [9.17, 15) is 9.59 Å². The molecule has 9 nitrogen and oxygen atoms in total. The second kappa shape index (κ2) is 8.34. The van der Waals surface area contributed by atoms with Crippen molar-refractivity contribution in [3.8, 4) is 5.75 Å². The molecule has 2 saturated heterocycles. The van der Waals surface area contributed by atoms with Crippen molar-refractivity contribution in [3.05, 3.63) is 42.9 Å². The zero-order valence-electron chi connectivity index (χ0n) is 16.4. The second-order valence-corrected chi connectivity index (χ2v) is 6.99. The van der Waals surface area contributed by atoms with Gasteiger partial charge in [-0.15, -0.1) is 0 Å². The largest absolute Gasteiger partial charge is 0.497 e. The second-order valence-electron chi connectivity index (χ2n) is 6.99. The summed E-state index contributed by atoms with van der Waals surface area (Å²) in [6.45, 7) is 3.89. The molecule has 0 bridgehead atoms. The summed E-state index contributed by atoms with van der Waals surface area (Å²) in [5.41, 5.74) is 0.809. The number of methoxy groups -OCH3 is 1. The normalized spacial score (nSPS) is 17.1. The fraction of sp³-hybridized carbons (Fsp3) is 0.400. The molecule has 2 aliphatic rings. The minimum atomic E-state index is -0.136. The SMILES string of the molecule is COc1ccc(N2CCN(CC(=O)N3CCN(c4ccncn4)CC3)C2=O)cc1. The molecule has 3 heterocycles. The van der Waals surface area contributed by atoms with Gasteiger partial charge in [-0.05, 0) is 30.3 Å². The van der Waals surface area contributed by atoms with Crippen molar-refractivity contribution in [1.29, 1.82) is 0 Å². The summed E-state index contributed by atoms with van der Waals surface area (Å²) in [5, 5.41) is 0. The maximum atomic E-state index is 12.7. The molecule has 0 radical (unpaired) electrons. The van der Waals surface area contributed by atoms with Crippen LogP contribution in [-0.2, 0) is 4.79 Å². The quantitative estimate of drug-likeness (QED) is 0.752. The average molecular weight is 396 g/mol. The molecular formula is C20H24N6O3. The van der Waals surface area contributed by atoms with Crippen LogP contribution in [0.3, 0.4) is 0 Å². The third kappa shape index (κ3) is 4.08. The van der Waals surface area contributed by atoms with Crippen LogP contribution in [0.4, 0.5) is 16.3 Å². The van der Waals surface area contributed by atoms with Crippen LogP contribution in [0.25, 0.3) is 0 Å². The summed E-state index contributed by atoms with van der Waals surface area (Å²) < 4.78 is 5.16. The smallest absolute Gasteiger partial charge is 0.325 e. The van der Waals surface area contributed by atoms with Crippen molar-refractivity contribution in [3.63, 3.8) is 0 Å². The molecule has 0 spiro atoms. The monoisotopic (exact) mass is 396 g/mol. The zero-order chi connectivity index (χ0) is 20.2. The molecular weight excluding hydrogens is 372 g/mol. The van der Waals surface area contributed by atoms with Gasteiger partial charge in [0.15, 0.2) is 0 Å². The van der Waals surface area contributed by atoms with Crippen molar-refractivity contribution in [2.45, 2.75) is 0 Å². The van der Waals surface area contributed by atoms with Gasteiger partial charge in [0.1, 0.15) is 24.4 Å². The summed E-state index contributed by atoms with van der Waals surface area (Å²) in [4.78, 5) is 40.9. The fourth-order valence-electron chi connectivity index (χ4n) is 3.65. The van der Waals surface area contributed by atoms with Crippen LogP contribution in [0.1, 0.15) is 0 Å². The molecule has 0 saturated carbocycles. The number of aromatic nitrogens is 2. The molecule has 152 valence electrons. The molecule has 29 heavy (non-hydrogen) atoms. The Balaban J connectivity index is 1.30. The van der Waals surface area contributed by atoms with E-state index in [0.717, 1.165) is 17.3 Å². The van der Waals surface area contributed by atoms with Gasteiger partial charge in [0, 0.05) is 51.2 Å². The van der Waals surface area contributed by atoms with Crippen LogP contribution in [-0.4, -0.2) is 84.6 Å². The number of ether oxygens (including phenoxy) is 1. The van der Waals surface area contributed by atoms with E-state index in [1.54, 1.807) is 23.1 Å². The van der Waals surface area contributed by atoms with Gasteiger partial charge < -0.3 is 19.4 Å². The predicted octanol–water partition coefficient (Wildman–Crippen LogP) is 1.08. The first-order chi connectivity index (χ1) is 14.2. The highest BCUT2D eigenvalue weighted by Crippen LogP contribution is 2.23. The Labute approximate surface area is 169 Å². The fourth-order valence-corrected chi connectivity index (χ4v) is 3.65. The number of hydrogen-bond acceptors (Lipinski definition) is 6. The van der Waals surface area contributed by atoms with E-state index >= 15 is 0 Å². The molecule has 4 rings (SSSR count). The molecule has 0 aliphatic carbocycles. The third-order valence-electron chi connectivity index (χ3n) is 5.33. The van der Waals surface area contributed by atoms with Crippen LogP contribution in [0.5, 0.6) is 5.75 Å². The Morgan fingerprint density at radius 3 is 2.45 bits per heavy atom. The maximum Gasteiger partial charge on any atom is 0.325 e. The minimum absolute atomic E-state index is 0.0164. The number of urea groups is 1. The molecule has 9 heteroatoms. The molecule has 2 aliphatic heterocycles. The first-order valence-electron chi connectivity index (χ1n) is 9.65. The lowest BCUT2D eigenvalue weighted by Gasteiger charge is -2.36. The molecule has 2 aromatic rings. The van der Waals surface area contributed by atoms with E-state index < -0.39 is 0 Å². The van der Waals surface area contributed by atoms with Crippen molar-refractivity contribution >= 4 is 23.4 Å². The van der Waals surface area contributed by atoms with Crippen LogP contribution in [0.15, 0.2) is 42.9 Å². The molecule has 1 aromatic heterocycles. The molecule has 0 atom stereocenters. The van der Waals surface area contributed by atoms with E-state index in [0.29, 0.717) is 39.3 Å². The Morgan fingerprint density at radius 1 is 1.03 bits per heavy atom. The van der Waals surface area contributed by atoms with Crippen molar-refractivity contribution in [2.24, 2.45) is 0 Å². The highest BCUT2D eigenvalue weighted by Gasteiger charge is 2.32. The van der Waals surface area contributed by atoms with Gasteiger partial charge in [0.05, 0.1) is 7.11 Å². The summed E-state index contributed by atoms with van der Waals surface area (Å²) >= 11 is 0. The topological polar surface area (TPSA) is 82.1 Å². The molecule has 0 N–H and O–H groups in total. The Kier molecular flexibility index (Phi) is 5.46. The summed E-state index contributed by atoms with van der Waals surface area (Å²) in [6.07, 6.45) is 3.24. The van der Waals surface area contributed by atoms with Gasteiger partial charge in [-0.25, -0.2) is 14.8 Å². The lowest BCUT2D eigenvalue weighted by molar-refractivity contribution is -0.131. The predicted molar refractivity (Wildman–Crippen MR) is 108 cm³/mol. The molecule has 0 unspecified atom stereocenters. The van der Waals surface area contributed by atoms with Crippen molar-refractivity contribution in [1.82, 2.24) is 19.8 Å². The number of nitrogens with zero attached hydrogens (tertiary/aromatic N) is 6. The molecule has 2 fully saturated rings. The summed E-state index contributed by atoms with van der Waals surface area (Å²) in [6, 6.07) is 9.10. The Hall–Kier alpha value is -3.36. The number of piperazine rings is 1. The van der Waals surface area contributed by atoms with Gasteiger partial charge in [-0.1, -0.05) is 0 Å². The average Bonchev–Trinajstić information content (AvgIpc) is 3.14. The van der Waals surface area contributed by atoms with Crippen LogP contribution in [0.2, 0.25) is 0 Å². The lowest BCUT2D eigenvalue weighted by atomic mass is 10.3. The van der Waals surface area contributed by atoms with Gasteiger partial charge in [0.25, 0.3) is 0 Å². The third-order valence-corrected chi connectivity index (χ3v) is 5.33. The highest BCUT2D eigenvalue weighted by atomic mass is 16.5. The molecule has 3 amide bonds. The van der Waals surface area contributed by atoms with E-state index in [1.165, 1.54) is 6.33 Å². The van der Waals surface area contributed by atoms with E-state index in [4.69, 9.17) is 4.74 Å². The Bertz CT molecular complexity index is 852. The highest BCUT2D eigenvalue weighted by molar-refractivity contribution is 5.96. The van der Waals surface area contributed by atoms with E-state index in [-0.39, 0.29) is 18.5 Å². The van der Waals surface area contributed by atoms with Gasteiger partial charge in [-0.2, -0.15) is 0 Å². The number of benzene rings is 1. The number of carbonyl (C=O) groups is 2. The van der Waals surface area contributed by atoms with Crippen LogP contribution < -0.4 is 14.5 Å². The first kappa shape index (κ1) is 19.0. The van der Waals surface area contributed by atoms with Gasteiger partial charge >= 0.3 is 6.03 Å². The summed E-state index contributed by atoms with van der Waals surface area (Å²) in [5.74, 6) is 1.60. The van der Waals surface area contributed by atoms with Crippen molar-refractivity contribution in [2.75, 3.05) is 62.7 Å². The van der Waals surface area contributed by atoms with Crippen LogP contribution in [0, 0.1) is 0 Å². The van der Waals surface area contributed by atoms with E-state index in [1.807, 2.05) is 35.2 Å². The molecule has 1 aromatic carbocycles. The number of amides is 3. The first-order valence-corrected chi connectivity index (χ1v) is 9.65. The summed E-state index contributed by atoms with van der Waals surface area (Å²) in [7, 11) is 1.61. The zero-order valence-corrected chi connectivity index (χ0v) is 16.4. The minimum Gasteiger partial charge on any atom is -0.497 e. The van der Waals surface area contributed by atoms with Crippen molar-refractivity contribution < 1.29 is 14.3 Å².